The highest BCUT2D eigenvalue weighted by Crippen LogP contribution is 2.01. The minimum absolute atomic E-state index is 0.0203. The van der Waals surface area contributed by atoms with Crippen molar-refractivity contribution >= 4 is 5.91 Å². The molecule has 1 unspecified atom stereocenters. The van der Waals surface area contributed by atoms with E-state index in [4.69, 9.17) is 0 Å². The molecule has 0 aliphatic carbocycles. The number of hydrogen-bond acceptors (Lipinski definition) is 2. The molecule has 0 spiro atoms. The predicted molar refractivity (Wildman–Crippen MR) is 64.7 cm³/mol. The smallest absolute Gasteiger partial charge is 0.234 e. The summed E-state index contributed by atoms with van der Waals surface area (Å²) in [5.74, 6) is 0.0203. The summed E-state index contributed by atoms with van der Waals surface area (Å²) in [6.07, 6.45) is 6.63. The van der Waals surface area contributed by atoms with Crippen LogP contribution in [-0.2, 0) is 4.79 Å². The van der Waals surface area contributed by atoms with Crippen LogP contribution in [0, 0.1) is 0 Å². The molecule has 86 valence electrons. The van der Waals surface area contributed by atoms with Gasteiger partial charge in [-0.05, 0) is 19.3 Å². The van der Waals surface area contributed by atoms with Gasteiger partial charge < -0.3 is 10.6 Å². The van der Waals surface area contributed by atoms with E-state index in [1.54, 1.807) is 6.08 Å². The van der Waals surface area contributed by atoms with Gasteiger partial charge in [-0.15, -0.1) is 13.2 Å². The Kier molecular flexibility index (Phi) is 8.78. The molecule has 0 aliphatic rings. The van der Waals surface area contributed by atoms with E-state index in [1.165, 1.54) is 0 Å². The van der Waals surface area contributed by atoms with Crippen LogP contribution in [0.4, 0.5) is 0 Å². The van der Waals surface area contributed by atoms with Crippen LogP contribution in [0.3, 0.4) is 0 Å². The van der Waals surface area contributed by atoms with Gasteiger partial charge in [0.15, 0.2) is 0 Å². The Morgan fingerprint density at radius 2 is 2.13 bits per heavy atom. The highest BCUT2D eigenvalue weighted by Gasteiger charge is 2.06. The summed E-state index contributed by atoms with van der Waals surface area (Å²) in [6.45, 7) is 10.2. The van der Waals surface area contributed by atoms with Gasteiger partial charge >= 0.3 is 0 Å². The van der Waals surface area contributed by atoms with Gasteiger partial charge in [-0.1, -0.05) is 19.1 Å². The molecule has 2 N–H and O–H groups in total. The first-order valence-electron chi connectivity index (χ1n) is 5.46. The highest BCUT2D eigenvalue weighted by molar-refractivity contribution is 5.78. The second-order valence-electron chi connectivity index (χ2n) is 3.44. The number of hydrogen-bond donors (Lipinski definition) is 2. The summed E-state index contributed by atoms with van der Waals surface area (Å²) >= 11 is 0. The van der Waals surface area contributed by atoms with E-state index in [0.29, 0.717) is 19.1 Å². The maximum Gasteiger partial charge on any atom is 0.234 e. The highest BCUT2D eigenvalue weighted by atomic mass is 16.1. The van der Waals surface area contributed by atoms with Crippen molar-refractivity contribution in [1.29, 1.82) is 0 Å². The number of amides is 1. The molecule has 0 saturated carbocycles. The van der Waals surface area contributed by atoms with Crippen molar-refractivity contribution in [2.75, 3.05) is 13.1 Å². The van der Waals surface area contributed by atoms with Crippen molar-refractivity contribution in [2.24, 2.45) is 0 Å². The number of allylic oxidation sites excluding steroid dienone is 1. The Labute approximate surface area is 92.6 Å². The number of carbonyl (C=O) groups excluding carboxylic acids is 1. The second kappa shape index (κ2) is 9.46. The Morgan fingerprint density at radius 1 is 1.40 bits per heavy atom. The monoisotopic (exact) mass is 210 g/mol. The van der Waals surface area contributed by atoms with Crippen LogP contribution >= 0.6 is 0 Å². The van der Waals surface area contributed by atoms with E-state index < -0.39 is 0 Å². The van der Waals surface area contributed by atoms with E-state index >= 15 is 0 Å². The van der Waals surface area contributed by atoms with Crippen molar-refractivity contribution in [3.8, 4) is 0 Å². The molecule has 15 heavy (non-hydrogen) atoms. The molecule has 0 aromatic carbocycles. The fourth-order valence-corrected chi connectivity index (χ4v) is 1.26. The molecule has 3 nitrogen and oxygen atoms in total. The lowest BCUT2D eigenvalue weighted by Crippen LogP contribution is -2.38. The van der Waals surface area contributed by atoms with E-state index in [2.05, 4.69) is 30.7 Å². The van der Waals surface area contributed by atoms with Crippen molar-refractivity contribution < 1.29 is 4.79 Å². The first-order chi connectivity index (χ1) is 7.24. The molecule has 0 aliphatic heterocycles. The van der Waals surface area contributed by atoms with Crippen LogP contribution in [0.15, 0.2) is 25.3 Å². The molecule has 1 atom stereocenters. The molecule has 0 heterocycles. The summed E-state index contributed by atoms with van der Waals surface area (Å²) in [5.41, 5.74) is 0. The van der Waals surface area contributed by atoms with Gasteiger partial charge in [0, 0.05) is 12.6 Å². The Hall–Kier alpha value is -1.09. The van der Waals surface area contributed by atoms with Crippen LogP contribution in [0.25, 0.3) is 0 Å². The first kappa shape index (κ1) is 13.9. The minimum Gasteiger partial charge on any atom is -0.352 e. The van der Waals surface area contributed by atoms with Crippen molar-refractivity contribution in [2.45, 2.75) is 32.2 Å². The Balaban J connectivity index is 3.64. The van der Waals surface area contributed by atoms with Crippen LogP contribution in [0.5, 0.6) is 0 Å². The Morgan fingerprint density at radius 3 is 2.67 bits per heavy atom. The normalized spacial score (nSPS) is 11.8. The van der Waals surface area contributed by atoms with Gasteiger partial charge in [0.05, 0.1) is 6.54 Å². The number of carbonyl (C=O) groups is 1. The summed E-state index contributed by atoms with van der Waals surface area (Å²) in [4.78, 5) is 11.3. The number of rotatable bonds is 9. The molecule has 0 saturated heterocycles. The standard InChI is InChI=1S/C12H22N2O/c1-4-7-8-11(6-3)14-10-12(15)13-9-5-2/h4-5,11,14H,1-2,6-10H2,3H3,(H,13,15). The van der Waals surface area contributed by atoms with Crippen molar-refractivity contribution in [3.63, 3.8) is 0 Å². The predicted octanol–water partition coefficient (Wildman–Crippen LogP) is 1.62. The molecule has 1 amide bonds. The molecular weight excluding hydrogens is 188 g/mol. The van der Waals surface area contributed by atoms with Crippen molar-refractivity contribution in [3.05, 3.63) is 25.3 Å². The summed E-state index contributed by atoms with van der Waals surface area (Å²) < 4.78 is 0. The zero-order valence-corrected chi connectivity index (χ0v) is 9.59. The summed E-state index contributed by atoms with van der Waals surface area (Å²) in [7, 11) is 0. The van der Waals surface area contributed by atoms with Gasteiger partial charge in [-0.2, -0.15) is 0 Å². The average Bonchev–Trinajstić information content (AvgIpc) is 2.26. The van der Waals surface area contributed by atoms with E-state index in [0.717, 1.165) is 19.3 Å². The SMILES string of the molecule is C=CCCC(CC)NCC(=O)NCC=C. The lowest BCUT2D eigenvalue weighted by molar-refractivity contribution is -0.120. The molecule has 3 heteroatoms. The average molecular weight is 210 g/mol. The maximum atomic E-state index is 11.3. The lowest BCUT2D eigenvalue weighted by Gasteiger charge is -2.15. The van der Waals surface area contributed by atoms with E-state index in [-0.39, 0.29) is 5.91 Å². The molecule has 0 bridgehead atoms. The molecular formula is C12H22N2O. The molecule has 0 radical (unpaired) electrons. The first-order valence-corrected chi connectivity index (χ1v) is 5.46. The van der Waals surface area contributed by atoms with Gasteiger partial charge in [0.2, 0.25) is 5.91 Å². The van der Waals surface area contributed by atoms with Crippen LogP contribution < -0.4 is 10.6 Å². The number of nitrogens with one attached hydrogen (secondary N) is 2. The van der Waals surface area contributed by atoms with Gasteiger partial charge in [-0.25, -0.2) is 0 Å². The van der Waals surface area contributed by atoms with Gasteiger partial charge in [0.1, 0.15) is 0 Å². The van der Waals surface area contributed by atoms with Gasteiger partial charge in [-0.3, -0.25) is 4.79 Å². The molecule has 0 aromatic rings. The third-order valence-corrected chi connectivity index (χ3v) is 2.21. The molecule has 0 fully saturated rings. The fraction of sp³-hybridized carbons (Fsp3) is 0.583. The zero-order valence-electron chi connectivity index (χ0n) is 9.59. The lowest BCUT2D eigenvalue weighted by atomic mass is 10.1. The molecule has 0 rings (SSSR count). The zero-order chi connectivity index (χ0) is 11.5. The topological polar surface area (TPSA) is 41.1 Å². The fourth-order valence-electron chi connectivity index (χ4n) is 1.26. The van der Waals surface area contributed by atoms with E-state index in [1.807, 2.05) is 6.08 Å². The summed E-state index contributed by atoms with van der Waals surface area (Å²) in [6, 6.07) is 0.400. The quantitative estimate of drug-likeness (QED) is 0.568. The van der Waals surface area contributed by atoms with Crippen molar-refractivity contribution in [1.82, 2.24) is 10.6 Å². The van der Waals surface area contributed by atoms with Gasteiger partial charge in [0.25, 0.3) is 0 Å². The van der Waals surface area contributed by atoms with Crippen LogP contribution in [-0.4, -0.2) is 25.0 Å². The Bertz CT molecular complexity index is 202. The summed E-state index contributed by atoms with van der Waals surface area (Å²) in [5, 5.41) is 5.95. The molecule has 0 aromatic heterocycles. The largest absolute Gasteiger partial charge is 0.352 e. The van der Waals surface area contributed by atoms with Crippen LogP contribution in [0.2, 0.25) is 0 Å². The van der Waals surface area contributed by atoms with Crippen LogP contribution in [0.1, 0.15) is 26.2 Å². The third-order valence-electron chi connectivity index (χ3n) is 2.21. The second-order valence-corrected chi connectivity index (χ2v) is 3.44. The maximum absolute atomic E-state index is 11.3. The third kappa shape index (κ3) is 7.94. The van der Waals surface area contributed by atoms with E-state index in [9.17, 15) is 4.79 Å². The minimum atomic E-state index is 0.0203.